The van der Waals surface area contributed by atoms with E-state index in [1.165, 1.54) is 18.4 Å². The van der Waals surface area contributed by atoms with Crippen molar-refractivity contribution in [3.63, 3.8) is 0 Å². The van der Waals surface area contributed by atoms with Crippen LogP contribution in [-0.4, -0.2) is 33.9 Å². The van der Waals surface area contributed by atoms with Gasteiger partial charge in [-0.15, -0.1) is 11.3 Å². The molecule has 0 spiro atoms. The zero-order valence-corrected chi connectivity index (χ0v) is 20.5. The van der Waals surface area contributed by atoms with Crippen LogP contribution in [0.2, 0.25) is 0 Å². The van der Waals surface area contributed by atoms with E-state index in [4.69, 9.17) is 4.74 Å². The van der Waals surface area contributed by atoms with Gasteiger partial charge in [0.25, 0.3) is 0 Å². The number of ketones is 1. The van der Waals surface area contributed by atoms with Crippen LogP contribution in [0.1, 0.15) is 32.2 Å². The number of carbonyl (C=O) groups is 2. The zero-order valence-electron chi connectivity index (χ0n) is 19.7. The summed E-state index contributed by atoms with van der Waals surface area (Å²) in [6.45, 7) is 1.89. The maximum Gasteiger partial charge on any atom is 0.325 e. The molecule has 0 saturated heterocycles. The number of hydrogen-bond donors (Lipinski definition) is 3. The molecular formula is C27H23N5O3S. The van der Waals surface area contributed by atoms with Gasteiger partial charge in [0.1, 0.15) is 11.6 Å². The molecule has 0 aliphatic heterocycles. The summed E-state index contributed by atoms with van der Waals surface area (Å²) < 4.78 is 5.35. The van der Waals surface area contributed by atoms with Crippen LogP contribution in [-0.2, 0) is 6.42 Å². The number of carbonyl (C=O) groups excluding carboxylic acids is 2. The van der Waals surface area contributed by atoms with Crippen molar-refractivity contribution in [1.82, 2.24) is 15.0 Å². The number of nitrogens with zero attached hydrogens (tertiary/aromatic N) is 2. The summed E-state index contributed by atoms with van der Waals surface area (Å²) >= 11 is 1.36. The number of rotatable bonds is 7. The van der Waals surface area contributed by atoms with Crippen molar-refractivity contribution in [3.05, 3.63) is 100 Å². The molecule has 0 bridgehead atoms. The molecular weight excluding hydrogens is 474 g/mol. The molecule has 3 aromatic carbocycles. The Hall–Kier alpha value is -4.50. The summed E-state index contributed by atoms with van der Waals surface area (Å²) in [5, 5.41) is 5.99. The summed E-state index contributed by atoms with van der Waals surface area (Å²) in [6, 6.07) is 19.7. The second kappa shape index (κ2) is 10.0. The van der Waals surface area contributed by atoms with Crippen molar-refractivity contribution in [2.75, 3.05) is 17.7 Å². The van der Waals surface area contributed by atoms with Crippen molar-refractivity contribution < 1.29 is 14.3 Å². The Balaban J connectivity index is 1.30. The van der Waals surface area contributed by atoms with Gasteiger partial charge in [-0.25, -0.2) is 14.8 Å². The summed E-state index contributed by atoms with van der Waals surface area (Å²) in [6.07, 6.45) is 2.29. The average Bonchev–Trinajstić information content (AvgIpc) is 3.50. The number of imidazole rings is 1. The largest absolute Gasteiger partial charge is 0.496 e. The van der Waals surface area contributed by atoms with E-state index in [9.17, 15) is 9.59 Å². The first kappa shape index (κ1) is 23.3. The number of aryl methyl sites for hydroxylation is 1. The predicted octanol–water partition coefficient (Wildman–Crippen LogP) is 5.80. The maximum absolute atomic E-state index is 13.3. The molecule has 3 N–H and O–H groups in total. The number of hydrogen-bond acceptors (Lipinski definition) is 6. The van der Waals surface area contributed by atoms with Crippen LogP contribution in [0.25, 0.3) is 11.0 Å². The highest BCUT2D eigenvalue weighted by atomic mass is 32.1. The first-order chi connectivity index (χ1) is 17.5. The van der Waals surface area contributed by atoms with Gasteiger partial charge >= 0.3 is 6.03 Å². The van der Waals surface area contributed by atoms with Gasteiger partial charge in [-0.1, -0.05) is 35.9 Å². The highest BCUT2D eigenvalue weighted by Crippen LogP contribution is 2.27. The number of anilines is 2. The lowest BCUT2D eigenvalue weighted by Gasteiger charge is -2.13. The SMILES string of the molecule is COc1ccccc1C(=O)c1cc(C)ccc1NC(=O)Nc1ncc(Cc2nc3ccccc3[nH]2)s1. The van der Waals surface area contributed by atoms with E-state index in [-0.39, 0.29) is 5.78 Å². The summed E-state index contributed by atoms with van der Waals surface area (Å²) in [5.41, 5.74) is 3.98. The third kappa shape index (κ3) is 4.96. The molecule has 5 aromatic rings. The fourth-order valence-corrected chi connectivity index (χ4v) is 4.70. The lowest BCUT2D eigenvalue weighted by molar-refractivity contribution is 0.103. The van der Waals surface area contributed by atoms with Crippen LogP contribution in [0.4, 0.5) is 15.6 Å². The van der Waals surface area contributed by atoms with Crippen LogP contribution in [0.3, 0.4) is 0 Å². The zero-order chi connectivity index (χ0) is 25.1. The number of H-pyrrole nitrogens is 1. The maximum atomic E-state index is 13.3. The van der Waals surface area contributed by atoms with Gasteiger partial charge < -0.3 is 15.0 Å². The smallest absolute Gasteiger partial charge is 0.325 e. The van der Waals surface area contributed by atoms with E-state index in [1.807, 2.05) is 37.3 Å². The van der Waals surface area contributed by atoms with Crippen molar-refractivity contribution in [2.24, 2.45) is 0 Å². The third-order valence-electron chi connectivity index (χ3n) is 5.57. The van der Waals surface area contributed by atoms with E-state index < -0.39 is 6.03 Å². The summed E-state index contributed by atoms with van der Waals surface area (Å²) in [5.74, 6) is 1.06. The van der Waals surface area contributed by atoms with E-state index in [2.05, 4.69) is 25.6 Å². The molecule has 180 valence electrons. The minimum Gasteiger partial charge on any atom is -0.496 e. The molecule has 2 aromatic heterocycles. The van der Waals surface area contributed by atoms with Crippen LogP contribution in [0.15, 0.2) is 72.9 Å². The average molecular weight is 498 g/mol. The molecule has 2 heterocycles. The number of nitrogens with one attached hydrogen (secondary N) is 3. The molecule has 0 aliphatic rings. The molecule has 0 saturated carbocycles. The monoisotopic (exact) mass is 497 g/mol. The Morgan fingerprint density at radius 2 is 1.81 bits per heavy atom. The molecule has 36 heavy (non-hydrogen) atoms. The number of thiazole rings is 1. The lowest BCUT2D eigenvalue weighted by Crippen LogP contribution is -2.21. The van der Waals surface area contributed by atoms with E-state index >= 15 is 0 Å². The van der Waals surface area contributed by atoms with Gasteiger partial charge in [-0.05, 0) is 43.3 Å². The fraction of sp³-hybridized carbons (Fsp3) is 0.111. The number of para-hydroxylation sites is 3. The molecule has 0 aliphatic carbocycles. The number of aromatic nitrogens is 3. The van der Waals surface area contributed by atoms with Gasteiger partial charge in [0, 0.05) is 23.1 Å². The molecule has 0 atom stereocenters. The topological polar surface area (TPSA) is 109 Å². The molecule has 0 fully saturated rings. The van der Waals surface area contributed by atoms with Crippen molar-refractivity contribution in [2.45, 2.75) is 13.3 Å². The highest BCUT2D eigenvalue weighted by Gasteiger charge is 2.19. The molecule has 0 unspecified atom stereocenters. The van der Waals surface area contributed by atoms with Crippen LogP contribution in [0, 0.1) is 6.92 Å². The van der Waals surface area contributed by atoms with Crippen molar-refractivity contribution >= 4 is 45.0 Å². The van der Waals surface area contributed by atoms with E-state index in [0.717, 1.165) is 27.3 Å². The Morgan fingerprint density at radius 1 is 1.00 bits per heavy atom. The quantitative estimate of drug-likeness (QED) is 0.246. The van der Waals surface area contributed by atoms with Gasteiger partial charge in [0.15, 0.2) is 10.9 Å². The molecule has 9 heteroatoms. The molecule has 8 nitrogen and oxygen atoms in total. The van der Waals surface area contributed by atoms with Crippen LogP contribution in [0.5, 0.6) is 5.75 Å². The van der Waals surface area contributed by atoms with Gasteiger partial charge in [0.05, 0.1) is 29.4 Å². The van der Waals surface area contributed by atoms with Gasteiger partial charge in [0.2, 0.25) is 0 Å². The number of urea groups is 1. The molecule has 0 radical (unpaired) electrons. The molecule has 5 rings (SSSR count). The predicted molar refractivity (Wildman–Crippen MR) is 141 cm³/mol. The fourth-order valence-electron chi connectivity index (χ4n) is 3.88. The van der Waals surface area contributed by atoms with Crippen molar-refractivity contribution in [1.29, 1.82) is 0 Å². The standard InChI is InChI=1S/C27H23N5O3S/c1-16-11-12-20(19(13-16)25(33)18-7-3-6-10-23(18)35-2)31-26(34)32-27-28-15-17(36-27)14-24-29-21-8-4-5-9-22(21)30-24/h3-13,15H,14H2,1-2H3,(H,29,30)(H2,28,31,32,34). The Kier molecular flexibility index (Phi) is 6.46. The second-order valence-corrected chi connectivity index (χ2v) is 9.28. The Labute approximate surface area is 211 Å². The summed E-state index contributed by atoms with van der Waals surface area (Å²) in [7, 11) is 1.52. The summed E-state index contributed by atoms with van der Waals surface area (Å²) in [4.78, 5) is 39.2. The minimum atomic E-state index is -0.488. The van der Waals surface area contributed by atoms with Gasteiger partial charge in [-0.2, -0.15) is 0 Å². The van der Waals surface area contributed by atoms with E-state index in [1.54, 1.807) is 42.6 Å². The number of ether oxygens (including phenoxy) is 1. The minimum absolute atomic E-state index is 0.242. The van der Waals surface area contributed by atoms with E-state index in [0.29, 0.717) is 34.1 Å². The third-order valence-corrected chi connectivity index (χ3v) is 6.49. The number of benzene rings is 3. The van der Waals surface area contributed by atoms with Crippen molar-refractivity contribution in [3.8, 4) is 5.75 Å². The number of aromatic amines is 1. The number of fused-ring (bicyclic) bond motifs is 1. The molecule has 2 amide bonds. The number of methoxy groups -OCH3 is 1. The van der Waals surface area contributed by atoms with Crippen LogP contribution < -0.4 is 15.4 Å². The lowest BCUT2D eigenvalue weighted by atomic mass is 9.99. The first-order valence-electron chi connectivity index (χ1n) is 11.2. The van der Waals surface area contributed by atoms with Gasteiger partial charge in [-0.3, -0.25) is 10.1 Å². The number of amides is 2. The normalized spacial score (nSPS) is 10.8. The Bertz CT molecular complexity index is 1540. The first-order valence-corrected chi connectivity index (χ1v) is 12.1. The highest BCUT2D eigenvalue weighted by molar-refractivity contribution is 7.15. The Morgan fingerprint density at radius 3 is 2.64 bits per heavy atom. The van der Waals surface area contributed by atoms with Crippen LogP contribution >= 0.6 is 11.3 Å². The second-order valence-electron chi connectivity index (χ2n) is 8.17.